The third-order valence-corrected chi connectivity index (χ3v) is 5.85. The summed E-state index contributed by atoms with van der Waals surface area (Å²) >= 11 is 3.88. The Morgan fingerprint density at radius 2 is 1.24 bits per heavy atom. The zero-order chi connectivity index (χ0) is 18.8. The molecule has 2 aromatic rings. The van der Waals surface area contributed by atoms with E-state index in [-0.39, 0.29) is 9.49 Å². The molecular formula is C22H30OS2. The Bertz CT molecular complexity index is 682. The molecule has 3 heteroatoms. The highest BCUT2D eigenvalue weighted by Gasteiger charge is 2.21. The summed E-state index contributed by atoms with van der Waals surface area (Å²) in [5.74, 6) is 0.321. The van der Waals surface area contributed by atoms with Crippen LogP contribution >= 0.6 is 23.5 Å². The van der Waals surface area contributed by atoms with Crippen LogP contribution in [-0.2, 0) is 6.42 Å². The Morgan fingerprint density at radius 3 is 1.64 bits per heavy atom. The monoisotopic (exact) mass is 374 g/mol. The van der Waals surface area contributed by atoms with Gasteiger partial charge in [-0.15, -0.1) is 23.5 Å². The van der Waals surface area contributed by atoms with Crippen LogP contribution < -0.4 is 0 Å². The van der Waals surface area contributed by atoms with Gasteiger partial charge in [0, 0.05) is 19.3 Å². The topological polar surface area (TPSA) is 20.2 Å². The van der Waals surface area contributed by atoms with Gasteiger partial charge in [-0.25, -0.2) is 0 Å². The number of aromatic hydroxyl groups is 1. The zero-order valence-corrected chi connectivity index (χ0v) is 18.1. The first-order valence-corrected chi connectivity index (χ1v) is 10.4. The number of aryl methyl sites for hydroxylation is 1. The van der Waals surface area contributed by atoms with Gasteiger partial charge in [-0.1, -0.05) is 53.7 Å². The largest absolute Gasteiger partial charge is 0.508 e. The van der Waals surface area contributed by atoms with Crippen LogP contribution in [0.15, 0.2) is 46.2 Å². The maximum Gasteiger partial charge on any atom is 0.115 e. The van der Waals surface area contributed by atoms with Gasteiger partial charge in [-0.05, 0) is 54.3 Å². The zero-order valence-electron chi connectivity index (χ0n) is 16.4. The second kappa shape index (κ2) is 7.67. The third-order valence-electron chi connectivity index (χ3n) is 3.46. The molecule has 136 valence electrons. The number of phenolic OH excluding ortho intramolecular Hbond substituents is 1. The Hall–Kier alpha value is -1.06. The molecule has 2 aromatic carbocycles. The van der Waals surface area contributed by atoms with E-state index >= 15 is 0 Å². The van der Waals surface area contributed by atoms with Crippen molar-refractivity contribution in [2.75, 3.05) is 0 Å². The second-order valence-electron chi connectivity index (χ2n) is 8.51. The molecule has 1 N–H and O–H groups in total. The van der Waals surface area contributed by atoms with Gasteiger partial charge in [0.05, 0.1) is 0 Å². The first-order valence-electron chi connectivity index (χ1n) is 8.72. The minimum atomic E-state index is 0.168. The van der Waals surface area contributed by atoms with E-state index in [1.807, 2.05) is 35.7 Å². The van der Waals surface area contributed by atoms with E-state index < -0.39 is 0 Å². The van der Waals surface area contributed by atoms with Gasteiger partial charge in [0.15, 0.2) is 0 Å². The van der Waals surface area contributed by atoms with Crippen LogP contribution in [0.5, 0.6) is 5.75 Å². The number of hydrogen-bond donors (Lipinski definition) is 1. The van der Waals surface area contributed by atoms with Gasteiger partial charge < -0.3 is 5.11 Å². The van der Waals surface area contributed by atoms with Crippen molar-refractivity contribution in [3.63, 3.8) is 0 Å². The summed E-state index contributed by atoms with van der Waals surface area (Å²) in [4.78, 5) is 2.74. The van der Waals surface area contributed by atoms with Crippen LogP contribution in [0.25, 0.3) is 0 Å². The molecule has 0 aliphatic carbocycles. The summed E-state index contributed by atoms with van der Waals surface area (Å²) in [6.45, 7) is 15.8. The first-order chi connectivity index (χ1) is 11.4. The minimum absolute atomic E-state index is 0.168. The molecule has 0 amide bonds. The Kier molecular flexibility index (Phi) is 6.22. The number of benzene rings is 2. The van der Waals surface area contributed by atoms with E-state index in [2.05, 4.69) is 60.6 Å². The lowest BCUT2D eigenvalue weighted by Crippen LogP contribution is -2.11. The molecule has 2 rings (SSSR count). The van der Waals surface area contributed by atoms with Crippen molar-refractivity contribution in [1.82, 2.24) is 0 Å². The third kappa shape index (κ3) is 6.63. The molecule has 0 heterocycles. The predicted octanol–water partition coefficient (Wildman–Crippen LogP) is 7.07. The van der Waals surface area contributed by atoms with Gasteiger partial charge in [0.1, 0.15) is 5.75 Å². The summed E-state index contributed by atoms with van der Waals surface area (Å²) < 4.78 is 0.336. The Labute approximate surface area is 161 Å². The fraction of sp³-hybridized carbons (Fsp3) is 0.455. The van der Waals surface area contributed by atoms with Crippen LogP contribution in [0, 0.1) is 6.92 Å². The quantitative estimate of drug-likeness (QED) is 0.578. The molecule has 0 unspecified atom stereocenters. The first kappa shape index (κ1) is 20.3. The molecule has 0 aromatic heterocycles. The van der Waals surface area contributed by atoms with E-state index in [0.29, 0.717) is 5.75 Å². The van der Waals surface area contributed by atoms with E-state index in [4.69, 9.17) is 0 Å². The number of thioether (sulfide) groups is 2. The predicted molar refractivity (Wildman–Crippen MR) is 113 cm³/mol. The van der Waals surface area contributed by atoms with E-state index in [0.717, 1.165) is 6.42 Å². The van der Waals surface area contributed by atoms with Crippen molar-refractivity contribution in [3.8, 4) is 5.75 Å². The summed E-state index contributed by atoms with van der Waals surface area (Å²) in [5.41, 5.74) is 3.94. The molecule has 0 atom stereocenters. The van der Waals surface area contributed by atoms with Crippen LogP contribution in [0.1, 0.15) is 58.2 Å². The molecule has 0 aliphatic heterocycles. The highest BCUT2D eigenvalue weighted by Crippen LogP contribution is 2.43. The lowest BCUT2D eigenvalue weighted by molar-refractivity contribution is 0.475. The van der Waals surface area contributed by atoms with Crippen LogP contribution in [-0.4, -0.2) is 14.6 Å². The van der Waals surface area contributed by atoms with Crippen LogP contribution in [0.4, 0.5) is 0 Å². The lowest BCUT2D eigenvalue weighted by atomic mass is 10.0. The molecule has 0 saturated heterocycles. The van der Waals surface area contributed by atoms with Crippen molar-refractivity contribution in [2.24, 2.45) is 0 Å². The molecular weight excluding hydrogens is 344 g/mol. The molecule has 0 saturated carbocycles. The normalized spacial score (nSPS) is 12.4. The van der Waals surface area contributed by atoms with Crippen molar-refractivity contribution in [3.05, 3.63) is 53.1 Å². The second-order valence-corrected chi connectivity index (χ2v) is 12.2. The highest BCUT2D eigenvalue weighted by atomic mass is 32.2. The van der Waals surface area contributed by atoms with Crippen molar-refractivity contribution in [1.29, 1.82) is 0 Å². The fourth-order valence-corrected chi connectivity index (χ4v) is 5.07. The SMILES string of the molecule is Cc1cc(SC(C)(C)C)c(Cc2ccc(O)cc2)c(SC(C)(C)C)c1. The summed E-state index contributed by atoms with van der Waals surface area (Å²) in [6, 6.07) is 12.2. The van der Waals surface area contributed by atoms with Gasteiger partial charge in [0.2, 0.25) is 0 Å². The average molecular weight is 375 g/mol. The molecule has 0 spiro atoms. The van der Waals surface area contributed by atoms with Gasteiger partial charge >= 0.3 is 0 Å². The molecule has 0 fully saturated rings. The van der Waals surface area contributed by atoms with Crippen molar-refractivity contribution >= 4 is 23.5 Å². The van der Waals surface area contributed by atoms with E-state index in [1.54, 1.807) is 12.1 Å². The Balaban J connectivity index is 2.51. The molecule has 0 bridgehead atoms. The van der Waals surface area contributed by atoms with Gasteiger partial charge in [-0.3, -0.25) is 0 Å². The van der Waals surface area contributed by atoms with Crippen LogP contribution in [0.2, 0.25) is 0 Å². The maximum absolute atomic E-state index is 9.57. The van der Waals surface area contributed by atoms with Crippen molar-refractivity contribution in [2.45, 2.75) is 74.2 Å². The van der Waals surface area contributed by atoms with E-state index in [9.17, 15) is 5.11 Å². The summed E-state index contributed by atoms with van der Waals surface area (Å²) in [5, 5.41) is 9.57. The maximum atomic E-state index is 9.57. The van der Waals surface area contributed by atoms with Crippen LogP contribution in [0.3, 0.4) is 0 Å². The smallest absolute Gasteiger partial charge is 0.115 e. The summed E-state index contributed by atoms with van der Waals surface area (Å²) in [6.07, 6.45) is 0.886. The highest BCUT2D eigenvalue weighted by molar-refractivity contribution is 8.01. The molecule has 0 aliphatic rings. The van der Waals surface area contributed by atoms with Gasteiger partial charge in [0.25, 0.3) is 0 Å². The standard InChI is InChI=1S/C22H30OS2/c1-15-12-19(24-21(2,3)4)18(20(13-15)25-22(5,6)7)14-16-8-10-17(23)11-9-16/h8-13,23H,14H2,1-7H3. The Morgan fingerprint density at radius 1 is 0.800 bits per heavy atom. The molecule has 0 radical (unpaired) electrons. The number of phenols is 1. The summed E-state index contributed by atoms with van der Waals surface area (Å²) in [7, 11) is 0. The molecule has 1 nitrogen and oxygen atoms in total. The van der Waals surface area contributed by atoms with Gasteiger partial charge in [-0.2, -0.15) is 0 Å². The fourth-order valence-electron chi connectivity index (χ4n) is 2.58. The minimum Gasteiger partial charge on any atom is -0.508 e. The molecule has 25 heavy (non-hydrogen) atoms. The number of hydrogen-bond acceptors (Lipinski definition) is 3. The van der Waals surface area contributed by atoms with E-state index in [1.165, 1.54) is 26.5 Å². The lowest BCUT2D eigenvalue weighted by Gasteiger charge is -2.25. The van der Waals surface area contributed by atoms with Crippen molar-refractivity contribution < 1.29 is 5.11 Å². The average Bonchev–Trinajstić information content (AvgIpc) is 2.41. The number of rotatable bonds is 4.